The number of amides is 2. The number of nitrogens with one attached hydrogen (secondary N) is 1. The zero-order chi connectivity index (χ0) is 31.3. The number of anilines is 1. The molecular formula is C33H42F3N3O5. The Morgan fingerprint density at radius 3 is 2.32 bits per heavy atom. The first-order valence-electron chi connectivity index (χ1n) is 15.7. The van der Waals surface area contributed by atoms with Crippen molar-refractivity contribution < 1.29 is 37.3 Å². The summed E-state index contributed by atoms with van der Waals surface area (Å²) in [6, 6.07) is 13.5. The van der Waals surface area contributed by atoms with E-state index in [1.54, 1.807) is 18.2 Å². The molecule has 3 aliphatic heterocycles. The molecule has 8 nitrogen and oxygen atoms in total. The van der Waals surface area contributed by atoms with Gasteiger partial charge in [-0.15, -0.1) is 0 Å². The van der Waals surface area contributed by atoms with E-state index in [1.807, 2.05) is 30.3 Å². The second-order valence-electron chi connectivity index (χ2n) is 12.2. The molecule has 0 saturated carbocycles. The van der Waals surface area contributed by atoms with Gasteiger partial charge in [0, 0.05) is 30.3 Å². The summed E-state index contributed by atoms with van der Waals surface area (Å²) in [5, 5.41) is 12.2. The number of ether oxygens (including phenoxy) is 2. The van der Waals surface area contributed by atoms with Gasteiger partial charge in [-0.2, -0.15) is 13.2 Å². The van der Waals surface area contributed by atoms with E-state index in [0.29, 0.717) is 22.6 Å². The summed E-state index contributed by atoms with van der Waals surface area (Å²) in [7, 11) is 0. The molecule has 0 bridgehead atoms. The topological polar surface area (TPSA) is 91.3 Å². The number of nitrogens with zero attached hydrogens (tertiary/aromatic N) is 2. The third kappa shape index (κ3) is 7.80. The summed E-state index contributed by atoms with van der Waals surface area (Å²) in [5.74, 6) is -2.63. The summed E-state index contributed by atoms with van der Waals surface area (Å²) in [5.41, 5.74) is 2.83. The third-order valence-electron chi connectivity index (χ3n) is 9.00. The molecule has 2 aromatic rings. The normalized spacial score (nSPS) is 27.0. The van der Waals surface area contributed by atoms with Crippen molar-refractivity contribution in [3.8, 4) is 0 Å². The highest BCUT2D eigenvalue weighted by Gasteiger charge is 2.47. The second kappa shape index (κ2) is 14.4. The quantitative estimate of drug-likeness (QED) is 0.413. The van der Waals surface area contributed by atoms with Crippen LogP contribution < -0.4 is 5.32 Å². The van der Waals surface area contributed by atoms with Crippen molar-refractivity contribution >= 4 is 17.5 Å². The van der Waals surface area contributed by atoms with Gasteiger partial charge in [0.05, 0.1) is 18.8 Å². The molecule has 44 heavy (non-hydrogen) atoms. The number of aliphatic hydroxyl groups is 1. The van der Waals surface area contributed by atoms with E-state index in [0.717, 1.165) is 43.6 Å². The average molecular weight is 618 g/mol. The number of carbonyl (C=O) groups excluding carboxylic acids is 2. The Kier molecular flexibility index (Phi) is 10.6. The zero-order valence-corrected chi connectivity index (χ0v) is 25.1. The number of likely N-dealkylation sites (tertiary alicyclic amines) is 2. The van der Waals surface area contributed by atoms with Crippen LogP contribution in [0.2, 0.25) is 0 Å². The molecule has 2 N–H and O–H groups in total. The van der Waals surface area contributed by atoms with Crippen molar-refractivity contribution in [2.45, 2.75) is 89.2 Å². The minimum absolute atomic E-state index is 0.0269. The molecule has 2 aromatic carbocycles. The van der Waals surface area contributed by atoms with Crippen molar-refractivity contribution in [1.82, 2.24) is 9.80 Å². The van der Waals surface area contributed by atoms with Gasteiger partial charge in [0.1, 0.15) is 6.04 Å². The van der Waals surface area contributed by atoms with Crippen LogP contribution in [0.1, 0.15) is 81.0 Å². The first kappa shape index (κ1) is 32.4. The van der Waals surface area contributed by atoms with Crippen molar-refractivity contribution in [1.29, 1.82) is 0 Å². The molecular weight excluding hydrogens is 575 g/mol. The number of aliphatic hydroxyl groups excluding tert-OH is 1. The van der Waals surface area contributed by atoms with Crippen LogP contribution in [0.3, 0.4) is 0 Å². The SMILES string of the molecule is C[C@@H]1[C@H](CN2CCCCCCC2)O[C@H](c2cccc(NC(=O)[C@@H]3CCCN3C(=O)C(F)(F)F)c2)O[C@@H]1c1ccc(CO)cc1. The largest absolute Gasteiger partial charge is 0.471 e. The Balaban J connectivity index is 1.35. The van der Waals surface area contributed by atoms with Gasteiger partial charge in [0.25, 0.3) is 0 Å². The van der Waals surface area contributed by atoms with Gasteiger partial charge in [0.2, 0.25) is 5.91 Å². The lowest BCUT2D eigenvalue weighted by molar-refractivity contribution is -0.276. The van der Waals surface area contributed by atoms with Crippen molar-refractivity contribution in [3.63, 3.8) is 0 Å². The Bertz CT molecular complexity index is 1270. The van der Waals surface area contributed by atoms with Crippen LogP contribution in [0, 0.1) is 5.92 Å². The Hall–Kier alpha value is -2.99. The number of halogens is 3. The van der Waals surface area contributed by atoms with E-state index in [2.05, 4.69) is 17.1 Å². The molecule has 0 unspecified atom stereocenters. The lowest BCUT2D eigenvalue weighted by atomic mass is 9.89. The monoisotopic (exact) mass is 617 g/mol. The molecule has 0 aliphatic carbocycles. The smallest absolute Gasteiger partial charge is 0.392 e. The van der Waals surface area contributed by atoms with Crippen LogP contribution in [-0.2, 0) is 25.7 Å². The van der Waals surface area contributed by atoms with Crippen LogP contribution in [-0.4, -0.2) is 71.2 Å². The maximum atomic E-state index is 13.1. The molecule has 0 radical (unpaired) electrons. The minimum Gasteiger partial charge on any atom is -0.392 e. The lowest BCUT2D eigenvalue weighted by Gasteiger charge is -2.43. The highest BCUT2D eigenvalue weighted by atomic mass is 19.4. The average Bonchev–Trinajstić information content (AvgIpc) is 3.49. The Labute approximate surface area is 256 Å². The Morgan fingerprint density at radius 1 is 0.932 bits per heavy atom. The number of carbonyl (C=O) groups is 2. The minimum atomic E-state index is -5.03. The summed E-state index contributed by atoms with van der Waals surface area (Å²) in [4.78, 5) is 28.0. The van der Waals surface area contributed by atoms with E-state index in [4.69, 9.17) is 9.47 Å². The fourth-order valence-electron chi connectivity index (χ4n) is 6.51. The molecule has 3 fully saturated rings. The number of alkyl halides is 3. The first-order chi connectivity index (χ1) is 21.1. The van der Waals surface area contributed by atoms with Gasteiger partial charge < -0.3 is 29.7 Å². The summed E-state index contributed by atoms with van der Waals surface area (Å²) in [6.45, 7) is 4.76. The Morgan fingerprint density at radius 2 is 1.64 bits per heavy atom. The van der Waals surface area contributed by atoms with Gasteiger partial charge >= 0.3 is 12.1 Å². The van der Waals surface area contributed by atoms with Crippen LogP contribution in [0.25, 0.3) is 0 Å². The highest BCUT2D eigenvalue weighted by Crippen LogP contribution is 2.42. The number of hydrogen-bond acceptors (Lipinski definition) is 6. The first-order valence-corrected chi connectivity index (χ1v) is 15.7. The highest BCUT2D eigenvalue weighted by molar-refractivity contribution is 5.98. The third-order valence-corrected chi connectivity index (χ3v) is 9.00. The van der Waals surface area contributed by atoms with E-state index in [-0.39, 0.29) is 37.7 Å². The molecule has 3 heterocycles. The second-order valence-corrected chi connectivity index (χ2v) is 12.2. The molecule has 2 amide bonds. The lowest BCUT2D eigenvalue weighted by Crippen LogP contribution is -2.48. The molecule has 5 rings (SSSR count). The van der Waals surface area contributed by atoms with Crippen molar-refractivity contribution in [3.05, 3.63) is 65.2 Å². The van der Waals surface area contributed by atoms with E-state index >= 15 is 0 Å². The number of benzene rings is 2. The molecule has 3 saturated heterocycles. The van der Waals surface area contributed by atoms with Gasteiger partial charge in [-0.3, -0.25) is 9.59 Å². The summed E-state index contributed by atoms with van der Waals surface area (Å²) < 4.78 is 52.5. The molecule has 240 valence electrons. The molecule has 0 aromatic heterocycles. The maximum Gasteiger partial charge on any atom is 0.471 e. The van der Waals surface area contributed by atoms with Crippen LogP contribution in [0.5, 0.6) is 0 Å². The number of hydrogen-bond donors (Lipinski definition) is 2. The van der Waals surface area contributed by atoms with Crippen LogP contribution in [0.15, 0.2) is 48.5 Å². The van der Waals surface area contributed by atoms with E-state index in [1.165, 1.54) is 19.3 Å². The molecule has 5 atom stereocenters. The standard InChI is InChI=1S/C33H42F3N3O5/c1-22-28(20-38-16-5-3-2-4-6-17-38)43-31(44-29(22)24-14-12-23(21-40)13-15-24)25-9-7-10-26(19-25)37-30(41)27-11-8-18-39(27)32(42)33(34,35)36/h7,9-10,12-15,19,22,27-29,31,40H,2-6,8,11,16-18,20-21H2,1H3,(H,37,41)/t22-,27+,28+,29+,31+/m1/s1. The summed E-state index contributed by atoms with van der Waals surface area (Å²) >= 11 is 0. The van der Waals surface area contributed by atoms with Gasteiger partial charge in [-0.25, -0.2) is 0 Å². The molecule has 11 heteroatoms. The van der Waals surface area contributed by atoms with Gasteiger partial charge in [-0.1, -0.05) is 62.6 Å². The zero-order valence-electron chi connectivity index (χ0n) is 25.1. The van der Waals surface area contributed by atoms with E-state index in [9.17, 15) is 27.9 Å². The predicted molar refractivity (Wildman–Crippen MR) is 158 cm³/mol. The van der Waals surface area contributed by atoms with Crippen LogP contribution in [0.4, 0.5) is 18.9 Å². The van der Waals surface area contributed by atoms with Gasteiger partial charge in [-0.05, 0) is 62.0 Å². The number of rotatable bonds is 7. The van der Waals surface area contributed by atoms with Crippen molar-refractivity contribution in [2.24, 2.45) is 5.92 Å². The fourth-order valence-corrected chi connectivity index (χ4v) is 6.51. The maximum absolute atomic E-state index is 13.1. The van der Waals surface area contributed by atoms with Gasteiger partial charge in [0.15, 0.2) is 6.29 Å². The van der Waals surface area contributed by atoms with Crippen molar-refractivity contribution in [2.75, 3.05) is 31.5 Å². The molecule has 0 spiro atoms. The summed E-state index contributed by atoms with van der Waals surface area (Å²) in [6.07, 6.45) is 0.299. The predicted octanol–water partition coefficient (Wildman–Crippen LogP) is 5.73. The van der Waals surface area contributed by atoms with Crippen LogP contribution >= 0.6 is 0 Å². The fraction of sp³-hybridized carbons (Fsp3) is 0.576. The molecule has 3 aliphatic rings. The van der Waals surface area contributed by atoms with E-state index < -0.39 is 30.3 Å².